The molecule has 3 aliphatic carbocycles. The first kappa shape index (κ1) is 13.6. The van der Waals surface area contributed by atoms with Crippen LogP contribution >= 0.6 is 0 Å². The highest BCUT2D eigenvalue weighted by atomic mass is 16.7. The van der Waals surface area contributed by atoms with Gasteiger partial charge in [0.05, 0.1) is 0 Å². The van der Waals surface area contributed by atoms with Crippen LogP contribution in [0.3, 0.4) is 0 Å². The lowest BCUT2D eigenvalue weighted by molar-refractivity contribution is -0.182. The molecule has 6 atom stereocenters. The van der Waals surface area contributed by atoms with E-state index in [1.54, 1.807) is 0 Å². The molecular weight excluding hydrogens is 268 g/mol. The summed E-state index contributed by atoms with van der Waals surface area (Å²) >= 11 is 0. The lowest BCUT2D eigenvalue weighted by Gasteiger charge is -2.57. The Labute approximate surface area is 125 Å². The van der Waals surface area contributed by atoms with Crippen LogP contribution in [0.5, 0.6) is 0 Å². The number of hydrogen-bond acceptors (Lipinski definition) is 4. The Balaban J connectivity index is 1.65. The molecule has 4 aliphatic rings. The molecule has 1 saturated heterocycles. The SMILES string of the molecule is C[C@]12COC(=O)OC1CC[C@@H]1C2CC[C@]2(C)C(=O)CC[C@@H]12. The number of ketones is 1. The minimum absolute atomic E-state index is 0.00135. The number of cyclic esters (lactones) is 1. The first-order chi connectivity index (χ1) is 9.95. The topological polar surface area (TPSA) is 52.6 Å². The number of ether oxygens (including phenoxy) is 2. The van der Waals surface area contributed by atoms with E-state index in [-0.39, 0.29) is 16.9 Å². The van der Waals surface area contributed by atoms with E-state index in [1.165, 1.54) is 0 Å². The zero-order chi connectivity index (χ0) is 14.8. The number of hydrogen-bond donors (Lipinski definition) is 0. The summed E-state index contributed by atoms with van der Waals surface area (Å²) < 4.78 is 10.7. The van der Waals surface area contributed by atoms with Gasteiger partial charge >= 0.3 is 6.16 Å². The maximum atomic E-state index is 12.3. The van der Waals surface area contributed by atoms with Crippen molar-refractivity contribution in [1.29, 1.82) is 0 Å². The molecule has 116 valence electrons. The van der Waals surface area contributed by atoms with Gasteiger partial charge in [-0.05, 0) is 49.9 Å². The molecule has 0 N–H and O–H groups in total. The van der Waals surface area contributed by atoms with Gasteiger partial charge in [-0.3, -0.25) is 4.79 Å². The summed E-state index contributed by atoms with van der Waals surface area (Å²) in [4.78, 5) is 23.7. The van der Waals surface area contributed by atoms with Crippen molar-refractivity contribution in [1.82, 2.24) is 0 Å². The monoisotopic (exact) mass is 292 g/mol. The van der Waals surface area contributed by atoms with Gasteiger partial charge in [-0.1, -0.05) is 13.8 Å². The maximum absolute atomic E-state index is 12.3. The number of rotatable bonds is 0. The van der Waals surface area contributed by atoms with E-state index in [0.717, 1.165) is 38.5 Å². The second kappa shape index (κ2) is 4.23. The Morgan fingerprint density at radius 2 is 1.86 bits per heavy atom. The Bertz CT molecular complexity index is 501. The quantitative estimate of drug-likeness (QED) is 0.643. The minimum atomic E-state index is -0.507. The van der Waals surface area contributed by atoms with Gasteiger partial charge in [0.2, 0.25) is 0 Å². The maximum Gasteiger partial charge on any atom is 0.508 e. The molecule has 0 spiro atoms. The van der Waals surface area contributed by atoms with Crippen LogP contribution in [0.15, 0.2) is 0 Å². The van der Waals surface area contributed by atoms with E-state index in [1.807, 2.05) is 0 Å². The summed E-state index contributed by atoms with van der Waals surface area (Å²) in [5, 5.41) is 0. The molecule has 4 rings (SSSR count). The molecule has 1 aliphatic heterocycles. The molecule has 0 aromatic rings. The Morgan fingerprint density at radius 1 is 1.05 bits per heavy atom. The molecule has 1 heterocycles. The summed E-state index contributed by atoms with van der Waals surface area (Å²) in [6.07, 6.45) is 5.38. The van der Waals surface area contributed by atoms with Gasteiger partial charge in [0.25, 0.3) is 0 Å². The van der Waals surface area contributed by atoms with E-state index >= 15 is 0 Å². The minimum Gasteiger partial charge on any atom is -0.434 e. The number of carbonyl (C=O) groups is 2. The summed E-state index contributed by atoms with van der Waals surface area (Å²) in [5.41, 5.74) is -0.152. The van der Waals surface area contributed by atoms with Gasteiger partial charge < -0.3 is 9.47 Å². The van der Waals surface area contributed by atoms with E-state index in [2.05, 4.69) is 13.8 Å². The predicted octanol–water partition coefficient (Wildman–Crippen LogP) is 3.33. The van der Waals surface area contributed by atoms with Crippen molar-refractivity contribution in [2.45, 2.75) is 58.5 Å². The highest BCUT2D eigenvalue weighted by molar-refractivity contribution is 5.87. The largest absolute Gasteiger partial charge is 0.508 e. The van der Waals surface area contributed by atoms with Gasteiger partial charge in [-0.2, -0.15) is 0 Å². The molecule has 4 nitrogen and oxygen atoms in total. The van der Waals surface area contributed by atoms with Gasteiger partial charge in [-0.15, -0.1) is 0 Å². The van der Waals surface area contributed by atoms with Crippen molar-refractivity contribution >= 4 is 11.9 Å². The normalized spacial score (nSPS) is 52.3. The van der Waals surface area contributed by atoms with Crippen molar-refractivity contribution in [2.24, 2.45) is 28.6 Å². The van der Waals surface area contributed by atoms with E-state index in [9.17, 15) is 9.59 Å². The average Bonchev–Trinajstić information content (AvgIpc) is 2.76. The van der Waals surface area contributed by atoms with E-state index in [4.69, 9.17) is 9.47 Å². The molecule has 0 radical (unpaired) electrons. The fourth-order valence-electron chi connectivity index (χ4n) is 5.95. The number of carbonyl (C=O) groups excluding carboxylic acids is 2. The third kappa shape index (κ3) is 1.68. The van der Waals surface area contributed by atoms with Crippen molar-refractivity contribution in [3.63, 3.8) is 0 Å². The van der Waals surface area contributed by atoms with Gasteiger partial charge in [0, 0.05) is 17.3 Å². The first-order valence-corrected chi connectivity index (χ1v) is 8.32. The van der Waals surface area contributed by atoms with Crippen molar-refractivity contribution in [2.75, 3.05) is 6.61 Å². The number of Topliss-reactive ketones (excluding diaryl/α,β-unsaturated/α-hetero) is 1. The van der Waals surface area contributed by atoms with Gasteiger partial charge in [0.1, 0.15) is 18.5 Å². The average molecular weight is 292 g/mol. The lowest BCUT2D eigenvalue weighted by Crippen LogP contribution is -2.58. The third-order valence-corrected chi connectivity index (χ3v) is 7.23. The third-order valence-electron chi connectivity index (χ3n) is 7.23. The molecule has 21 heavy (non-hydrogen) atoms. The second-order valence-electron chi connectivity index (χ2n) is 8.02. The van der Waals surface area contributed by atoms with Crippen LogP contribution in [0.1, 0.15) is 52.4 Å². The van der Waals surface area contributed by atoms with Crippen LogP contribution in [0.2, 0.25) is 0 Å². The summed E-state index contributed by atoms with van der Waals surface area (Å²) in [7, 11) is 0. The molecule has 4 fully saturated rings. The van der Waals surface area contributed by atoms with Crippen LogP contribution < -0.4 is 0 Å². The fourth-order valence-corrected chi connectivity index (χ4v) is 5.95. The number of fused-ring (bicyclic) bond motifs is 5. The van der Waals surface area contributed by atoms with Gasteiger partial charge in [0.15, 0.2) is 0 Å². The Hall–Kier alpha value is -1.06. The molecule has 0 aromatic carbocycles. The van der Waals surface area contributed by atoms with Crippen LogP contribution in [0, 0.1) is 28.6 Å². The first-order valence-electron chi connectivity index (χ1n) is 8.32. The zero-order valence-electron chi connectivity index (χ0n) is 12.9. The zero-order valence-corrected chi connectivity index (χ0v) is 12.9. The standard InChI is InChI=1S/C17H24O4/c1-16-8-7-12-10(11(16)4-5-13(16)18)3-6-14-17(12,2)9-20-15(19)21-14/h10-12,14H,3-9H2,1-2H3/t10-,11-,12?,14?,16-,17+/m0/s1. The van der Waals surface area contributed by atoms with E-state index < -0.39 is 6.16 Å². The summed E-state index contributed by atoms with van der Waals surface area (Å²) in [6.45, 7) is 4.89. The second-order valence-corrected chi connectivity index (χ2v) is 8.02. The van der Waals surface area contributed by atoms with Crippen molar-refractivity contribution in [3.8, 4) is 0 Å². The fraction of sp³-hybridized carbons (Fsp3) is 0.882. The van der Waals surface area contributed by atoms with Crippen molar-refractivity contribution < 1.29 is 19.1 Å². The molecule has 0 bridgehead atoms. The highest BCUT2D eigenvalue weighted by Gasteiger charge is 2.61. The molecule has 0 amide bonds. The molecule has 4 heteroatoms. The Kier molecular flexibility index (Phi) is 2.74. The van der Waals surface area contributed by atoms with Crippen LogP contribution in [-0.2, 0) is 14.3 Å². The van der Waals surface area contributed by atoms with Gasteiger partial charge in [-0.25, -0.2) is 4.79 Å². The molecule has 3 saturated carbocycles. The lowest BCUT2D eigenvalue weighted by atomic mass is 9.49. The smallest absolute Gasteiger partial charge is 0.434 e. The van der Waals surface area contributed by atoms with Crippen LogP contribution in [0.25, 0.3) is 0 Å². The molecule has 0 aromatic heterocycles. The van der Waals surface area contributed by atoms with Crippen LogP contribution in [0.4, 0.5) is 4.79 Å². The van der Waals surface area contributed by atoms with Crippen LogP contribution in [-0.4, -0.2) is 24.6 Å². The van der Waals surface area contributed by atoms with Crippen molar-refractivity contribution in [3.05, 3.63) is 0 Å². The summed E-state index contributed by atoms with van der Waals surface area (Å²) in [5.74, 6) is 2.12. The highest BCUT2D eigenvalue weighted by Crippen LogP contribution is 2.62. The molecular formula is C17H24O4. The summed E-state index contributed by atoms with van der Waals surface area (Å²) in [6, 6.07) is 0. The molecule has 2 unspecified atom stereocenters. The predicted molar refractivity (Wildman–Crippen MR) is 75.6 cm³/mol. The Morgan fingerprint density at radius 3 is 2.67 bits per heavy atom. The van der Waals surface area contributed by atoms with E-state index in [0.29, 0.717) is 30.1 Å².